The van der Waals surface area contributed by atoms with Gasteiger partial charge in [-0.1, -0.05) is 13.0 Å². The Bertz CT molecular complexity index is 588. The number of hydrogen-bond acceptors (Lipinski definition) is 4. The van der Waals surface area contributed by atoms with Crippen molar-refractivity contribution in [3.63, 3.8) is 0 Å². The van der Waals surface area contributed by atoms with E-state index in [4.69, 9.17) is 0 Å². The summed E-state index contributed by atoms with van der Waals surface area (Å²) in [5.74, 6) is -0.333. The molecule has 2 aromatic rings. The lowest BCUT2D eigenvalue weighted by molar-refractivity contribution is 0.0949. The number of carbonyl (C=O) groups is 1. The van der Waals surface area contributed by atoms with E-state index in [9.17, 15) is 4.79 Å². The first-order valence-corrected chi connectivity index (χ1v) is 6.00. The molecule has 0 saturated carbocycles. The van der Waals surface area contributed by atoms with E-state index in [-0.39, 0.29) is 5.91 Å². The highest BCUT2D eigenvalue weighted by molar-refractivity contribution is 5.94. The van der Waals surface area contributed by atoms with E-state index >= 15 is 0 Å². The molecule has 2 heterocycles. The first-order valence-electron chi connectivity index (χ1n) is 6.00. The summed E-state index contributed by atoms with van der Waals surface area (Å²) in [7, 11) is 0. The molecule has 19 heavy (non-hydrogen) atoms. The third-order valence-electron chi connectivity index (χ3n) is 2.73. The number of hydrogen-bond donors (Lipinski definition) is 2. The predicted molar refractivity (Wildman–Crippen MR) is 72.0 cm³/mol. The Morgan fingerprint density at radius 3 is 3.00 bits per heavy atom. The Hall–Kier alpha value is -2.50. The summed E-state index contributed by atoms with van der Waals surface area (Å²) in [6.07, 6.45) is 3.96. The molecule has 0 aliphatic carbocycles. The summed E-state index contributed by atoms with van der Waals surface area (Å²) in [4.78, 5) is 15.9. The summed E-state index contributed by atoms with van der Waals surface area (Å²) in [5, 5.41) is 10.7. The van der Waals surface area contributed by atoms with Crippen LogP contribution in [0.25, 0.3) is 0 Å². The molecular weight excluding hydrogens is 242 g/mol. The van der Waals surface area contributed by atoms with Crippen LogP contribution in [-0.2, 0) is 6.42 Å². The van der Waals surface area contributed by atoms with E-state index < -0.39 is 0 Å². The average molecular weight is 257 g/mol. The fourth-order valence-corrected chi connectivity index (χ4v) is 1.66. The van der Waals surface area contributed by atoms with Gasteiger partial charge in [-0.15, -0.1) is 0 Å². The minimum Gasteiger partial charge on any atom is -0.282 e. The number of hydrazone groups is 1. The summed E-state index contributed by atoms with van der Waals surface area (Å²) < 4.78 is 0. The zero-order valence-corrected chi connectivity index (χ0v) is 10.8. The van der Waals surface area contributed by atoms with Crippen LogP contribution in [0.4, 0.5) is 0 Å². The highest BCUT2D eigenvalue weighted by Gasteiger charge is 2.14. The van der Waals surface area contributed by atoms with Crippen LogP contribution >= 0.6 is 0 Å². The third-order valence-corrected chi connectivity index (χ3v) is 2.73. The maximum absolute atomic E-state index is 11.9. The topological polar surface area (TPSA) is 83.0 Å². The van der Waals surface area contributed by atoms with E-state index in [0.29, 0.717) is 11.4 Å². The zero-order chi connectivity index (χ0) is 13.7. The number of carbonyl (C=O) groups excluding carboxylic acids is 1. The Balaban J connectivity index is 2.02. The normalized spacial score (nSPS) is 10.8. The SMILES string of the molecule is CCc1[nH]nc(C(=O)NN=Cc2ccccn2)c1C. The largest absolute Gasteiger partial charge is 0.292 e. The molecule has 0 bridgehead atoms. The van der Waals surface area contributed by atoms with Crippen LogP contribution in [0.3, 0.4) is 0 Å². The molecule has 2 N–H and O–H groups in total. The molecule has 98 valence electrons. The molecular formula is C13H15N5O. The Labute approximate surface area is 111 Å². The lowest BCUT2D eigenvalue weighted by atomic mass is 10.1. The van der Waals surface area contributed by atoms with Gasteiger partial charge in [-0.05, 0) is 25.5 Å². The monoisotopic (exact) mass is 257 g/mol. The molecule has 0 aromatic carbocycles. The van der Waals surface area contributed by atoms with Gasteiger partial charge in [0.2, 0.25) is 0 Å². The van der Waals surface area contributed by atoms with Gasteiger partial charge in [-0.25, -0.2) is 5.43 Å². The number of aryl methyl sites for hydroxylation is 1. The van der Waals surface area contributed by atoms with Crippen molar-refractivity contribution >= 4 is 12.1 Å². The highest BCUT2D eigenvalue weighted by atomic mass is 16.2. The first kappa shape index (κ1) is 12.9. The van der Waals surface area contributed by atoms with Gasteiger partial charge in [-0.3, -0.25) is 14.9 Å². The van der Waals surface area contributed by atoms with Crippen LogP contribution in [0.15, 0.2) is 29.5 Å². The van der Waals surface area contributed by atoms with Gasteiger partial charge in [0.25, 0.3) is 5.91 Å². The average Bonchev–Trinajstić information content (AvgIpc) is 2.81. The molecule has 6 nitrogen and oxygen atoms in total. The Morgan fingerprint density at radius 1 is 1.53 bits per heavy atom. The second kappa shape index (κ2) is 5.90. The van der Waals surface area contributed by atoms with Crippen molar-refractivity contribution < 1.29 is 4.79 Å². The highest BCUT2D eigenvalue weighted by Crippen LogP contribution is 2.09. The van der Waals surface area contributed by atoms with Gasteiger partial charge in [0, 0.05) is 17.5 Å². The van der Waals surface area contributed by atoms with E-state index in [1.807, 2.05) is 26.0 Å². The number of aromatic nitrogens is 3. The molecule has 1 amide bonds. The molecule has 2 aromatic heterocycles. The number of nitrogens with one attached hydrogen (secondary N) is 2. The second-order valence-corrected chi connectivity index (χ2v) is 3.98. The zero-order valence-electron chi connectivity index (χ0n) is 10.8. The van der Waals surface area contributed by atoms with Crippen molar-refractivity contribution in [3.05, 3.63) is 47.0 Å². The minimum atomic E-state index is -0.333. The maximum atomic E-state index is 11.9. The standard InChI is InChI=1S/C13H15N5O/c1-3-11-9(2)12(17-16-11)13(19)18-15-8-10-6-4-5-7-14-10/h4-8H,3H2,1-2H3,(H,16,17)(H,18,19). The molecule has 0 atom stereocenters. The van der Waals surface area contributed by atoms with Crippen LogP contribution < -0.4 is 5.43 Å². The lowest BCUT2D eigenvalue weighted by Crippen LogP contribution is -2.19. The van der Waals surface area contributed by atoms with Crippen molar-refractivity contribution in [3.8, 4) is 0 Å². The number of H-pyrrole nitrogens is 1. The van der Waals surface area contributed by atoms with Gasteiger partial charge >= 0.3 is 0 Å². The molecule has 0 aliphatic heterocycles. The van der Waals surface area contributed by atoms with E-state index in [2.05, 4.69) is 25.7 Å². The molecule has 0 fully saturated rings. The Morgan fingerprint density at radius 2 is 2.37 bits per heavy atom. The molecule has 0 spiro atoms. The fourth-order valence-electron chi connectivity index (χ4n) is 1.66. The first-order chi connectivity index (χ1) is 9.22. The van der Waals surface area contributed by atoms with Crippen LogP contribution in [0, 0.1) is 6.92 Å². The van der Waals surface area contributed by atoms with Crippen molar-refractivity contribution in [1.29, 1.82) is 0 Å². The second-order valence-electron chi connectivity index (χ2n) is 3.98. The molecule has 0 unspecified atom stereocenters. The summed E-state index contributed by atoms with van der Waals surface area (Å²) in [6.45, 7) is 3.86. The number of nitrogens with zero attached hydrogens (tertiary/aromatic N) is 3. The third kappa shape index (κ3) is 3.04. The molecule has 2 rings (SSSR count). The Kier molecular flexibility index (Phi) is 4.02. The van der Waals surface area contributed by atoms with Gasteiger partial charge in [0.05, 0.1) is 11.9 Å². The molecule has 0 aliphatic rings. The molecule has 6 heteroatoms. The number of aromatic amines is 1. The van der Waals surface area contributed by atoms with Gasteiger partial charge in [-0.2, -0.15) is 10.2 Å². The summed E-state index contributed by atoms with van der Waals surface area (Å²) in [5.41, 5.74) is 5.29. The lowest BCUT2D eigenvalue weighted by Gasteiger charge is -1.97. The van der Waals surface area contributed by atoms with Crippen LogP contribution in [0.2, 0.25) is 0 Å². The minimum absolute atomic E-state index is 0.333. The van der Waals surface area contributed by atoms with Gasteiger partial charge in [0.15, 0.2) is 5.69 Å². The smallest absolute Gasteiger partial charge is 0.282 e. The van der Waals surface area contributed by atoms with E-state index in [0.717, 1.165) is 17.7 Å². The van der Waals surface area contributed by atoms with Gasteiger partial charge < -0.3 is 0 Å². The van der Waals surface area contributed by atoms with E-state index in [1.54, 1.807) is 12.3 Å². The molecule has 0 saturated heterocycles. The van der Waals surface area contributed by atoms with E-state index in [1.165, 1.54) is 6.21 Å². The van der Waals surface area contributed by atoms with Crippen molar-refractivity contribution in [2.24, 2.45) is 5.10 Å². The van der Waals surface area contributed by atoms with Crippen LogP contribution in [0.5, 0.6) is 0 Å². The van der Waals surface area contributed by atoms with Crippen LogP contribution in [-0.4, -0.2) is 27.3 Å². The fraction of sp³-hybridized carbons (Fsp3) is 0.231. The van der Waals surface area contributed by atoms with Crippen molar-refractivity contribution in [2.75, 3.05) is 0 Å². The quantitative estimate of drug-likeness (QED) is 0.642. The number of pyridine rings is 1. The summed E-state index contributed by atoms with van der Waals surface area (Å²) in [6, 6.07) is 5.46. The van der Waals surface area contributed by atoms with Crippen molar-refractivity contribution in [2.45, 2.75) is 20.3 Å². The number of rotatable bonds is 4. The number of amides is 1. The predicted octanol–water partition coefficient (Wildman–Crippen LogP) is 1.44. The molecule has 0 radical (unpaired) electrons. The maximum Gasteiger partial charge on any atom is 0.292 e. The van der Waals surface area contributed by atoms with Crippen molar-refractivity contribution in [1.82, 2.24) is 20.6 Å². The van der Waals surface area contributed by atoms with Gasteiger partial charge in [0.1, 0.15) is 0 Å². The van der Waals surface area contributed by atoms with Crippen LogP contribution in [0.1, 0.15) is 34.4 Å². The summed E-state index contributed by atoms with van der Waals surface area (Å²) >= 11 is 0.